The highest BCUT2D eigenvalue weighted by Gasteiger charge is 2.16. The molecule has 0 aliphatic heterocycles. The second-order valence-electron chi connectivity index (χ2n) is 5.72. The molecular formula is C14H27N5OS. The van der Waals surface area contributed by atoms with Crippen LogP contribution in [0.25, 0.3) is 0 Å². The number of carbonyl (C=O) groups excluding carboxylic acids is 1. The maximum Gasteiger partial charge on any atom is 0.265 e. The molecule has 0 aromatic carbocycles. The molecule has 0 fully saturated rings. The molecule has 1 aromatic rings. The van der Waals surface area contributed by atoms with Crippen molar-refractivity contribution >= 4 is 28.2 Å². The second-order valence-corrected chi connectivity index (χ2v) is 6.72. The summed E-state index contributed by atoms with van der Waals surface area (Å²) in [6.45, 7) is 9.93. The van der Waals surface area contributed by atoms with Crippen molar-refractivity contribution in [1.29, 1.82) is 0 Å². The van der Waals surface area contributed by atoms with Crippen LogP contribution in [0.2, 0.25) is 0 Å². The number of hydrogen-bond donors (Lipinski definition) is 3. The standard InChI is InChI=1S/C14H27N5OS/c1-9(2)17-14-18-12(15)11(21-14)13(20)16-7-6-8-19(5)10(3)4/h9-10H,6-8,15H2,1-5H3,(H,16,20)(H,17,18). The average Bonchev–Trinajstić information content (AvgIpc) is 2.73. The number of aromatic nitrogens is 1. The molecule has 120 valence electrons. The lowest BCUT2D eigenvalue weighted by molar-refractivity contribution is 0.0956. The summed E-state index contributed by atoms with van der Waals surface area (Å²) in [6, 6.07) is 0.778. The molecule has 1 aromatic heterocycles. The number of nitrogens with zero attached hydrogens (tertiary/aromatic N) is 2. The summed E-state index contributed by atoms with van der Waals surface area (Å²) in [5, 5.41) is 6.74. The van der Waals surface area contributed by atoms with E-state index in [9.17, 15) is 4.79 Å². The number of amides is 1. The van der Waals surface area contributed by atoms with Gasteiger partial charge in [0.05, 0.1) is 0 Å². The molecule has 0 spiro atoms. The minimum absolute atomic E-state index is 0.144. The number of nitrogen functional groups attached to an aromatic ring is 1. The largest absolute Gasteiger partial charge is 0.382 e. The highest BCUT2D eigenvalue weighted by molar-refractivity contribution is 7.18. The highest BCUT2D eigenvalue weighted by Crippen LogP contribution is 2.25. The molecule has 0 saturated carbocycles. The summed E-state index contributed by atoms with van der Waals surface area (Å²) >= 11 is 1.30. The van der Waals surface area contributed by atoms with Crippen molar-refractivity contribution in [3.63, 3.8) is 0 Å². The molecule has 1 rings (SSSR count). The average molecular weight is 313 g/mol. The van der Waals surface area contributed by atoms with E-state index in [1.165, 1.54) is 11.3 Å². The van der Waals surface area contributed by atoms with Crippen LogP contribution in [0.5, 0.6) is 0 Å². The van der Waals surface area contributed by atoms with E-state index in [-0.39, 0.29) is 11.9 Å². The molecule has 0 atom stereocenters. The van der Waals surface area contributed by atoms with Gasteiger partial charge in [-0.05, 0) is 47.7 Å². The smallest absolute Gasteiger partial charge is 0.265 e. The SMILES string of the molecule is CC(C)Nc1nc(N)c(C(=O)NCCCN(C)C(C)C)s1. The van der Waals surface area contributed by atoms with Crippen molar-refractivity contribution in [3.8, 4) is 0 Å². The van der Waals surface area contributed by atoms with Crippen LogP contribution in [0.3, 0.4) is 0 Å². The van der Waals surface area contributed by atoms with Crippen LogP contribution < -0.4 is 16.4 Å². The van der Waals surface area contributed by atoms with Gasteiger partial charge >= 0.3 is 0 Å². The quantitative estimate of drug-likeness (QED) is 0.639. The fraction of sp³-hybridized carbons (Fsp3) is 0.714. The van der Waals surface area contributed by atoms with E-state index in [1.807, 2.05) is 13.8 Å². The van der Waals surface area contributed by atoms with Gasteiger partial charge in [0.1, 0.15) is 10.7 Å². The van der Waals surface area contributed by atoms with Gasteiger partial charge in [-0.1, -0.05) is 11.3 Å². The molecule has 7 heteroatoms. The Hall–Kier alpha value is -1.34. The van der Waals surface area contributed by atoms with Gasteiger partial charge < -0.3 is 21.3 Å². The van der Waals surface area contributed by atoms with E-state index < -0.39 is 0 Å². The molecule has 0 aliphatic carbocycles. The van der Waals surface area contributed by atoms with E-state index in [2.05, 4.69) is 41.4 Å². The molecule has 21 heavy (non-hydrogen) atoms. The predicted octanol–water partition coefficient (Wildman–Crippen LogP) is 2.01. The minimum Gasteiger partial charge on any atom is -0.382 e. The number of nitrogens with one attached hydrogen (secondary N) is 2. The van der Waals surface area contributed by atoms with Gasteiger partial charge in [-0.3, -0.25) is 4.79 Å². The zero-order valence-electron chi connectivity index (χ0n) is 13.6. The molecule has 1 heterocycles. The Labute approximate surface area is 131 Å². The topological polar surface area (TPSA) is 83.3 Å². The third-order valence-electron chi connectivity index (χ3n) is 3.13. The predicted molar refractivity (Wildman–Crippen MR) is 90.0 cm³/mol. The summed E-state index contributed by atoms with van der Waals surface area (Å²) < 4.78 is 0. The Balaban J connectivity index is 2.43. The number of nitrogens with two attached hydrogens (primary N) is 1. The van der Waals surface area contributed by atoms with E-state index in [4.69, 9.17) is 5.73 Å². The lowest BCUT2D eigenvalue weighted by Crippen LogP contribution is -2.31. The fourth-order valence-electron chi connectivity index (χ4n) is 1.67. The van der Waals surface area contributed by atoms with Crippen molar-refractivity contribution < 1.29 is 4.79 Å². The molecular weight excluding hydrogens is 286 g/mol. The molecule has 0 saturated heterocycles. The number of carbonyl (C=O) groups is 1. The van der Waals surface area contributed by atoms with Crippen LogP contribution in [0.15, 0.2) is 0 Å². The minimum atomic E-state index is -0.144. The van der Waals surface area contributed by atoms with Gasteiger partial charge in [-0.25, -0.2) is 4.98 Å². The summed E-state index contributed by atoms with van der Waals surface area (Å²) in [5.41, 5.74) is 5.80. The van der Waals surface area contributed by atoms with Gasteiger partial charge in [0.15, 0.2) is 5.13 Å². The van der Waals surface area contributed by atoms with Gasteiger partial charge in [0, 0.05) is 18.6 Å². The van der Waals surface area contributed by atoms with E-state index in [0.29, 0.717) is 28.4 Å². The second kappa shape index (κ2) is 8.19. The number of thiazole rings is 1. The third kappa shape index (κ3) is 5.89. The summed E-state index contributed by atoms with van der Waals surface area (Å²) in [4.78, 5) is 19.0. The zero-order valence-corrected chi connectivity index (χ0v) is 14.4. The Morgan fingerprint density at radius 3 is 2.62 bits per heavy atom. The Morgan fingerprint density at radius 2 is 2.05 bits per heavy atom. The molecule has 0 aliphatic rings. The highest BCUT2D eigenvalue weighted by atomic mass is 32.1. The molecule has 4 N–H and O–H groups in total. The van der Waals surface area contributed by atoms with Crippen LogP contribution in [0.4, 0.5) is 10.9 Å². The van der Waals surface area contributed by atoms with Crippen LogP contribution >= 0.6 is 11.3 Å². The molecule has 0 unspecified atom stereocenters. The van der Waals surface area contributed by atoms with Crippen molar-refractivity contribution in [2.75, 3.05) is 31.2 Å². The fourth-order valence-corrected chi connectivity index (χ4v) is 2.62. The normalized spacial score (nSPS) is 11.4. The molecule has 0 radical (unpaired) electrons. The van der Waals surface area contributed by atoms with Gasteiger partial charge in [0.25, 0.3) is 5.91 Å². The van der Waals surface area contributed by atoms with Crippen LogP contribution in [0.1, 0.15) is 43.8 Å². The van der Waals surface area contributed by atoms with Crippen molar-refractivity contribution in [2.24, 2.45) is 0 Å². The Morgan fingerprint density at radius 1 is 1.38 bits per heavy atom. The van der Waals surface area contributed by atoms with E-state index >= 15 is 0 Å². The molecule has 1 amide bonds. The molecule has 6 nitrogen and oxygen atoms in total. The lowest BCUT2D eigenvalue weighted by atomic mass is 10.3. The number of rotatable bonds is 8. The van der Waals surface area contributed by atoms with Crippen molar-refractivity contribution in [3.05, 3.63) is 4.88 Å². The van der Waals surface area contributed by atoms with Crippen molar-refractivity contribution in [2.45, 2.75) is 46.2 Å². The lowest BCUT2D eigenvalue weighted by Gasteiger charge is -2.20. The van der Waals surface area contributed by atoms with Gasteiger partial charge in [-0.2, -0.15) is 0 Å². The van der Waals surface area contributed by atoms with Crippen LogP contribution in [0, 0.1) is 0 Å². The first-order valence-electron chi connectivity index (χ1n) is 7.32. The van der Waals surface area contributed by atoms with E-state index in [0.717, 1.165) is 13.0 Å². The zero-order chi connectivity index (χ0) is 16.0. The monoisotopic (exact) mass is 313 g/mol. The number of anilines is 2. The number of hydrogen-bond acceptors (Lipinski definition) is 6. The summed E-state index contributed by atoms with van der Waals surface area (Å²) in [6.07, 6.45) is 0.913. The third-order valence-corrected chi connectivity index (χ3v) is 4.13. The first-order chi connectivity index (χ1) is 9.81. The Kier molecular flexibility index (Phi) is 6.91. The van der Waals surface area contributed by atoms with Crippen LogP contribution in [-0.4, -0.2) is 48.0 Å². The first kappa shape index (κ1) is 17.7. The van der Waals surface area contributed by atoms with E-state index in [1.54, 1.807) is 0 Å². The van der Waals surface area contributed by atoms with Crippen LogP contribution in [-0.2, 0) is 0 Å². The van der Waals surface area contributed by atoms with Crippen molar-refractivity contribution in [1.82, 2.24) is 15.2 Å². The van der Waals surface area contributed by atoms with Gasteiger partial charge in [0.2, 0.25) is 0 Å². The van der Waals surface area contributed by atoms with Gasteiger partial charge in [-0.15, -0.1) is 0 Å². The summed E-state index contributed by atoms with van der Waals surface area (Å²) in [5.74, 6) is 0.147. The Bertz CT molecular complexity index is 458. The summed E-state index contributed by atoms with van der Waals surface area (Å²) in [7, 11) is 2.08. The maximum absolute atomic E-state index is 12.1. The molecule has 0 bridgehead atoms. The first-order valence-corrected chi connectivity index (χ1v) is 8.14. The maximum atomic E-state index is 12.1.